The van der Waals surface area contributed by atoms with E-state index in [1.165, 1.54) is 19.2 Å². The standard InChI is InChI=1S/C18H24ClN3O3S2/c1-20(2)11-12-22(13-15-7-5-4-6-8-15)17(23)14-21(3)27(24,25)18-10-9-16(19)26-18/h4-10H,11-14H2,1-3H3. The van der Waals surface area contributed by atoms with Gasteiger partial charge in [0.05, 0.1) is 10.9 Å². The molecule has 6 nitrogen and oxygen atoms in total. The van der Waals surface area contributed by atoms with Crippen molar-refractivity contribution in [2.24, 2.45) is 0 Å². The lowest BCUT2D eigenvalue weighted by Crippen LogP contribution is -2.43. The van der Waals surface area contributed by atoms with E-state index < -0.39 is 10.0 Å². The maximum Gasteiger partial charge on any atom is 0.252 e. The first-order chi connectivity index (χ1) is 12.7. The largest absolute Gasteiger partial charge is 0.336 e. The average molecular weight is 430 g/mol. The van der Waals surface area contributed by atoms with Gasteiger partial charge in [-0.05, 0) is 31.8 Å². The molecular weight excluding hydrogens is 406 g/mol. The summed E-state index contributed by atoms with van der Waals surface area (Å²) in [6.45, 7) is 1.42. The monoisotopic (exact) mass is 429 g/mol. The molecule has 0 atom stereocenters. The van der Waals surface area contributed by atoms with Crippen LogP contribution in [0, 0.1) is 0 Å². The number of carbonyl (C=O) groups is 1. The molecule has 1 aromatic carbocycles. The predicted octanol–water partition coefficient (Wildman–Crippen LogP) is 2.61. The minimum Gasteiger partial charge on any atom is -0.336 e. The van der Waals surface area contributed by atoms with E-state index in [0.29, 0.717) is 24.0 Å². The van der Waals surface area contributed by atoms with E-state index in [4.69, 9.17) is 11.6 Å². The Balaban J connectivity index is 2.11. The molecule has 2 rings (SSSR count). The first kappa shape index (κ1) is 21.8. The molecule has 0 N–H and O–H groups in total. The summed E-state index contributed by atoms with van der Waals surface area (Å²) in [5, 5.41) is 0. The van der Waals surface area contributed by atoms with Crippen LogP contribution in [0.15, 0.2) is 46.7 Å². The maximum atomic E-state index is 12.8. The van der Waals surface area contributed by atoms with E-state index >= 15 is 0 Å². The van der Waals surface area contributed by atoms with Crippen LogP contribution in [0.25, 0.3) is 0 Å². The van der Waals surface area contributed by atoms with Crippen molar-refractivity contribution in [3.05, 3.63) is 52.4 Å². The molecule has 148 valence electrons. The molecule has 0 saturated heterocycles. The van der Waals surface area contributed by atoms with Gasteiger partial charge in [-0.3, -0.25) is 4.79 Å². The zero-order valence-corrected chi connectivity index (χ0v) is 18.0. The lowest BCUT2D eigenvalue weighted by atomic mass is 10.2. The lowest BCUT2D eigenvalue weighted by molar-refractivity contribution is -0.132. The molecule has 27 heavy (non-hydrogen) atoms. The van der Waals surface area contributed by atoms with Crippen LogP contribution in [0.5, 0.6) is 0 Å². The third-order valence-electron chi connectivity index (χ3n) is 3.96. The van der Waals surface area contributed by atoms with E-state index in [0.717, 1.165) is 21.2 Å². The Bertz CT molecular complexity index is 854. The number of thiophene rings is 1. The fourth-order valence-corrected chi connectivity index (χ4v) is 5.20. The van der Waals surface area contributed by atoms with Gasteiger partial charge in [0.15, 0.2) is 0 Å². The maximum absolute atomic E-state index is 12.8. The van der Waals surface area contributed by atoms with Crippen LogP contribution in [0.2, 0.25) is 4.34 Å². The first-order valence-electron chi connectivity index (χ1n) is 8.38. The van der Waals surface area contributed by atoms with Crippen molar-refractivity contribution in [3.63, 3.8) is 0 Å². The molecule has 9 heteroatoms. The molecule has 0 spiro atoms. The zero-order valence-electron chi connectivity index (χ0n) is 15.6. The highest BCUT2D eigenvalue weighted by atomic mass is 35.5. The van der Waals surface area contributed by atoms with Crippen molar-refractivity contribution >= 4 is 38.9 Å². The molecule has 0 fully saturated rings. The molecule has 0 unspecified atom stereocenters. The summed E-state index contributed by atoms with van der Waals surface area (Å²) in [5.41, 5.74) is 1.00. The summed E-state index contributed by atoms with van der Waals surface area (Å²) in [6, 6.07) is 12.6. The van der Waals surface area contributed by atoms with Gasteiger partial charge in [-0.2, -0.15) is 4.31 Å². The lowest BCUT2D eigenvalue weighted by Gasteiger charge is -2.26. The van der Waals surface area contributed by atoms with Gasteiger partial charge < -0.3 is 9.80 Å². The fraction of sp³-hybridized carbons (Fsp3) is 0.389. The SMILES string of the molecule is CN(C)CCN(Cc1ccccc1)C(=O)CN(C)S(=O)(=O)c1ccc(Cl)s1. The number of carbonyl (C=O) groups excluding carboxylic acids is 1. The summed E-state index contributed by atoms with van der Waals surface area (Å²) >= 11 is 6.82. The Labute approximate surface area is 170 Å². The van der Waals surface area contributed by atoms with Gasteiger partial charge >= 0.3 is 0 Å². The van der Waals surface area contributed by atoms with E-state index in [9.17, 15) is 13.2 Å². The van der Waals surface area contributed by atoms with Gasteiger partial charge in [0.1, 0.15) is 4.21 Å². The summed E-state index contributed by atoms with van der Waals surface area (Å²) in [7, 11) is 1.53. The molecule has 1 amide bonds. The zero-order chi connectivity index (χ0) is 20.0. The second kappa shape index (κ2) is 9.66. The third-order valence-corrected chi connectivity index (χ3v) is 7.46. The second-order valence-corrected chi connectivity index (χ2v) is 10.4. The topological polar surface area (TPSA) is 60.9 Å². The van der Waals surface area contributed by atoms with Crippen molar-refractivity contribution in [3.8, 4) is 0 Å². The summed E-state index contributed by atoms with van der Waals surface area (Å²) < 4.78 is 26.9. The Hall–Kier alpha value is -1.45. The van der Waals surface area contributed by atoms with Crippen LogP contribution < -0.4 is 0 Å². The Morgan fingerprint density at radius 2 is 1.70 bits per heavy atom. The van der Waals surface area contributed by atoms with E-state index in [1.807, 2.05) is 49.3 Å². The highest BCUT2D eigenvalue weighted by Crippen LogP contribution is 2.27. The van der Waals surface area contributed by atoms with Gasteiger partial charge in [0, 0.05) is 26.7 Å². The van der Waals surface area contributed by atoms with E-state index in [-0.39, 0.29) is 16.7 Å². The number of nitrogens with zero attached hydrogens (tertiary/aromatic N) is 3. The number of halogens is 1. The summed E-state index contributed by atoms with van der Waals surface area (Å²) in [5.74, 6) is -0.241. The van der Waals surface area contributed by atoms with Crippen molar-refractivity contribution in [1.29, 1.82) is 0 Å². The molecule has 0 aliphatic carbocycles. The summed E-state index contributed by atoms with van der Waals surface area (Å²) in [4.78, 5) is 16.5. The Kier molecular flexibility index (Phi) is 7.81. The van der Waals surface area contributed by atoms with Gasteiger partial charge in [0.25, 0.3) is 10.0 Å². The molecule has 1 heterocycles. The molecule has 2 aromatic rings. The Morgan fingerprint density at radius 1 is 1.04 bits per heavy atom. The molecule has 0 bridgehead atoms. The second-order valence-electron chi connectivity index (χ2n) is 6.42. The van der Waals surface area contributed by atoms with Crippen molar-refractivity contribution in [2.75, 3.05) is 40.8 Å². The number of amides is 1. The highest BCUT2D eigenvalue weighted by Gasteiger charge is 2.26. The smallest absolute Gasteiger partial charge is 0.252 e. The van der Waals surface area contributed by atoms with Crippen LogP contribution >= 0.6 is 22.9 Å². The first-order valence-corrected chi connectivity index (χ1v) is 11.0. The fourth-order valence-electron chi connectivity index (χ4n) is 2.38. The number of hydrogen-bond donors (Lipinski definition) is 0. The van der Waals surface area contributed by atoms with Crippen LogP contribution in [-0.4, -0.2) is 69.2 Å². The number of benzene rings is 1. The molecule has 0 radical (unpaired) electrons. The number of rotatable bonds is 9. The van der Waals surface area contributed by atoms with Gasteiger partial charge in [0.2, 0.25) is 5.91 Å². The van der Waals surface area contributed by atoms with Crippen LogP contribution in [0.1, 0.15) is 5.56 Å². The van der Waals surface area contributed by atoms with Crippen LogP contribution in [0.3, 0.4) is 0 Å². The van der Waals surface area contributed by atoms with Gasteiger partial charge in [-0.15, -0.1) is 11.3 Å². The number of likely N-dealkylation sites (N-methyl/N-ethyl adjacent to an activating group) is 2. The number of sulfonamides is 1. The molecule has 1 aromatic heterocycles. The van der Waals surface area contributed by atoms with Crippen LogP contribution in [-0.2, 0) is 21.4 Å². The van der Waals surface area contributed by atoms with E-state index in [1.54, 1.807) is 4.90 Å². The minimum atomic E-state index is -3.74. The van der Waals surface area contributed by atoms with Crippen LogP contribution in [0.4, 0.5) is 0 Å². The third kappa shape index (κ3) is 6.29. The molecular formula is C18H24ClN3O3S2. The number of hydrogen-bond acceptors (Lipinski definition) is 5. The Morgan fingerprint density at radius 3 is 2.26 bits per heavy atom. The quantitative estimate of drug-likeness (QED) is 0.614. The normalized spacial score (nSPS) is 11.9. The van der Waals surface area contributed by atoms with Crippen molar-refractivity contribution < 1.29 is 13.2 Å². The van der Waals surface area contributed by atoms with E-state index in [2.05, 4.69) is 0 Å². The minimum absolute atomic E-state index is 0.130. The van der Waals surface area contributed by atoms with Gasteiger partial charge in [-0.25, -0.2) is 8.42 Å². The predicted molar refractivity (Wildman–Crippen MR) is 110 cm³/mol. The molecule has 0 saturated carbocycles. The highest BCUT2D eigenvalue weighted by molar-refractivity contribution is 7.91. The summed E-state index contributed by atoms with van der Waals surface area (Å²) in [6.07, 6.45) is 0. The van der Waals surface area contributed by atoms with Gasteiger partial charge in [-0.1, -0.05) is 41.9 Å². The van der Waals surface area contributed by atoms with Crippen molar-refractivity contribution in [2.45, 2.75) is 10.8 Å². The average Bonchev–Trinajstić information content (AvgIpc) is 3.06. The van der Waals surface area contributed by atoms with Crippen molar-refractivity contribution in [1.82, 2.24) is 14.1 Å². The molecule has 0 aliphatic rings. The molecule has 0 aliphatic heterocycles.